The summed E-state index contributed by atoms with van der Waals surface area (Å²) in [5, 5.41) is 2.71. The molecular formula is C11H11N3O3S. The van der Waals surface area contributed by atoms with Crippen LogP contribution in [0, 0.1) is 0 Å². The number of hydrogen-bond donors (Lipinski definition) is 2. The number of carbonyl (C=O) groups is 3. The smallest absolute Gasteiger partial charge is 0.315 e. The van der Waals surface area contributed by atoms with E-state index in [1.165, 1.54) is 18.8 Å². The Morgan fingerprint density at radius 3 is 2.83 bits per heavy atom. The third-order valence-corrected chi connectivity index (χ3v) is 3.57. The second-order valence-corrected chi connectivity index (χ2v) is 4.76. The van der Waals surface area contributed by atoms with Crippen LogP contribution >= 0.6 is 11.8 Å². The highest BCUT2D eigenvalue weighted by Crippen LogP contribution is 2.34. The van der Waals surface area contributed by atoms with E-state index in [1.54, 1.807) is 18.2 Å². The Labute approximate surface area is 108 Å². The van der Waals surface area contributed by atoms with Crippen molar-refractivity contribution in [3.05, 3.63) is 18.2 Å². The molecular weight excluding hydrogens is 254 g/mol. The van der Waals surface area contributed by atoms with E-state index in [1.807, 2.05) is 0 Å². The molecule has 18 heavy (non-hydrogen) atoms. The van der Waals surface area contributed by atoms with Gasteiger partial charge in [-0.3, -0.25) is 14.4 Å². The fraction of sp³-hybridized carbons (Fsp3) is 0.182. The number of carbonyl (C=O) groups excluding carboxylic acids is 3. The van der Waals surface area contributed by atoms with Gasteiger partial charge in [0.1, 0.15) is 0 Å². The molecule has 3 amide bonds. The van der Waals surface area contributed by atoms with Gasteiger partial charge in [0, 0.05) is 17.6 Å². The van der Waals surface area contributed by atoms with Gasteiger partial charge >= 0.3 is 11.8 Å². The molecule has 0 radical (unpaired) electrons. The first-order valence-electron chi connectivity index (χ1n) is 5.13. The molecule has 0 saturated heterocycles. The summed E-state index contributed by atoms with van der Waals surface area (Å²) in [6.07, 6.45) is 0. The topological polar surface area (TPSA) is 92.5 Å². The average molecular weight is 265 g/mol. The summed E-state index contributed by atoms with van der Waals surface area (Å²) < 4.78 is 0. The highest BCUT2D eigenvalue weighted by atomic mass is 32.2. The Morgan fingerprint density at radius 1 is 1.44 bits per heavy atom. The van der Waals surface area contributed by atoms with E-state index >= 15 is 0 Å². The molecule has 7 heteroatoms. The minimum Gasteiger partial charge on any atom is -0.361 e. The van der Waals surface area contributed by atoms with Crippen molar-refractivity contribution in [1.82, 2.24) is 0 Å². The number of anilines is 2. The summed E-state index contributed by atoms with van der Waals surface area (Å²) in [6, 6.07) is 5.13. The molecule has 1 aromatic rings. The summed E-state index contributed by atoms with van der Waals surface area (Å²) >= 11 is 1.42. The normalized spacial score (nSPS) is 13.5. The van der Waals surface area contributed by atoms with Crippen LogP contribution in [0.5, 0.6) is 0 Å². The van der Waals surface area contributed by atoms with Gasteiger partial charge in [-0.25, -0.2) is 0 Å². The van der Waals surface area contributed by atoms with Crippen LogP contribution in [0.25, 0.3) is 0 Å². The molecule has 1 aromatic carbocycles. The van der Waals surface area contributed by atoms with Crippen molar-refractivity contribution >= 4 is 40.9 Å². The minimum atomic E-state index is -1.02. The van der Waals surface area contributed by atoms with E-state index in [9.17, 15) is 14.4 Å². The molecule has 1 heterocycles. The lowest BCUT2D eigenvalue weighted by molar-refractivity contribution is -0.135. The van der Waals surface area contributed by atoms with Crippen molar-refractivity contribution in [1.29, 1.82) is 0 Å². The van der Waals surface area contributed by atoms with Gasteiger partial charge in [-0.1, -0.05) is 0 Å². The van der Waals surface area contributed by atoms with Crippen LogP contribution < -0.4 is 16.0 Å². The Bertz CT molecular complexity index is 544. The molecule has 1 aliphatic rings. The predicted octanol–water partition coefficient (Wildman–Crippen LogP) is 0.179. The second-order valence-electron chi connectivity index (χ2n) is 3.75. The minimum absolute atomic E-state index is 0.0893. The number of nitrogens with zero attached hydrogens (tertiary/aromatic N) is 1. The van der Waals surface area contributed by atoms with Crippen molar-refractivity contribution < 1.29 is 14.4 Å². The van der Waals surface area contributed by atoms with Crippen LogP contribution in [0.4, 0.5) is 11.4 Å². The lowest BCUT2D eigenvalue weighted by Gasteiger charge is -2.20. The first kappa shape index (κ1) is 12.4. The van der Waals surface area contributed by atoms with E-state index < -0.39 is 11.8 Å². The number of nitrogens with two attached hydrogens (primary N) is 1. The Hall–Kier alpha value is -2.02. The molecule has 0 aliphatic carbocycles. The van der Waals surface area contributed by atoms with Gasteiger partial charge in [0.2, 0.25) is 5.91 Å². The maximum atomic E-state index is 11.4. The lowest BCUT2D eigenvalue weighted by Crippen LogP contribution is -2.37. The fourth-order valence-electron chi connectivity index (χ4n) is 1.56. The van der Waals surface area contributed by atoms with Crippen LogP contribution in [0.2, 0.25) is 0 Å². The fourth-order valence-corrected chi connectivity index (χ4v) is 2.35. The molecule has 94 valence electrons. The molecule has 2 rings (SSSR count). The van der Waals surface area contributed by atoms with Crippen molar-refractivity contribution in [2.45, 2.75) is 4.90 Å². The number of primary amides is 1. The number of likely N-dealkylation sites (N-methyl/N-ethyl adjacent to an activating group) is 1. The molecule has 3 N–H and O–H groups in total. The van der Waals surface area contributed by atoms with Gasteiger partial charge in [-0.15, -0.1) is 11.8 Å². The molecule has 0 bridgehead atoms. The van der Waals surface area contributed by atoms with Crippen molar-refractivity contribution in [2.24, 2.45) is 5.73 Å². The quantitative estimate of drug-likeness (QED) is 0.708. The lowest BCUT2D eigenvalue weighted by atomic mass is 10.2. The van der Waals surface area contributed by atoms with Gasteiger partial charge in [0.25, 0.3) is 0 Å². The molecule has 0 saturated carbocycles. The predicted molar refractivity (Wildman–Crippen MR) is 68.4 cm³/mol. The third kappa shape index (κ3) is 2.30. The molecule has 6 nitrogen and oxygen atoms in total. The maximum absolute atomic E-state index is 11.4. The third-order valence-electron chi connectivity index (χ3n) is 2.50. The van der Waals surface area contributed by atoms with Crippen LogP contribution in [-0.2, 0) is 14.4 Å². The molecule has 0 unspecified atom stereocenters. The Morgan fingerprint density at radius 2 is 2.17 bits per heavy atom. The van der Waals surface area contributed by atoms with E-state index in [4.69, 9.17) is 5.73 Å². The van der Waals surface area contributed by atoms with Crippen molar-refractivity contribution in [2.75, 3.05) is 23.0 Å². The van der Waals surface area contributed by atoms with Crippen LogP contribution in [0.3, 0.4) is 0 Å². The second kappa shape index (κ2) is 4.69. The zero-order valence-corrected chi connectivity index (χ0v) is 10.4. The summed E-state index contributed by atoms with van der Waals surface area (Å²) in [5.74, 6) is -1.53. The number of rotatable bonds is 1. The number of amides is 3. The van der Waals surface area contributed by atoms with Gasteiger partial charge in [-0.05, 0) is 18.2 Å². The van der Waals surface area contributed by atoms with Crippen LogP contribution in [-0.4, -0.2) is 30.5 Å². The first-order valence-corrected chi connectivity index (χ1v) is 6.12. The number of fused-ring (bicyclic) bond motifs is 1. The maximum Gasteiger partial charge on any atom is 0.315 e. The summed E-state index contributed by atoms with van der Waals surface area (Å²) in [7, 11) is 1.45. The largest absolute Gasteiger partial charge is 0.361 e. The van der Waals surface area contributed by atoms with Crippen molar-refractivity contribution in [3.63, 3.8) is 0 Å². The number of nitrogens with one attached hydrogen (secondary N) is 1. The zero-order chi connectivity index (χ0) is 13.3. The number of hydrogen-bond acceptors (Lipinski definition) is 4. The standard InChI is InChI=1S/C11H11N3O3S/c1-14(11(17)10(12)16)6-2-3-8-7(4-6)13-9(15)5-18-8/h2-4H,5H2,1H3,(H2,12,16)(H,13,15). The monoisotopic (exact) mass is 265 g/mol. The Kier molecular flexibility index (Phi) is 3.24. The first-order chi connectivity index (χ1) is 8.49. The molecule has 0 fully saturated rings. The van der Waals surface area contributed by atoms with E-state index in [0.717, 1.165) is 9.80 Å². The molecule has 0 aromatic heterocycles. The van der Waals surface area contributed by atoms with Gasteiger partial charge in [-0.2, -0.15) is 0 Å². The van der Waals surface area contributed by atoms with Crippen molar-refractivity contribution in [3.8, 4) is 0 Å². The highest BCUT2D eigenvalue weighted by Gasteiger charge is 2.20. The van der Waals surface area contributed by atoms with E-state index in [0.29, 0.717) is 17.1 Å². The molecule has 0 atom stereocenters. The summed E-state index contributed by atoms with van der Waals surface area (Å²) in [6.45, 7) is 0. The highest BCUT2D eigenvalue weighted by molar-refractivity contribution is 8.00. The average Bonchev–Trinajstić information content (AvgIpc) is 2.35. The molecule has 1 aliphatic heterocycles. The van der Waals surface area contributed by atoms with Gasteiger partial charge in [0.15, 0.2) is 0 Å². The Balaban J connectivity index is 2.31. The zero-order valence-electron chi connectivity index (χ0n) is 9.60. The van der Waals surface area contributed by atoms with E-state index in [-0.39, 0.29) is 5.91 Å². The SMILES string of the molecule is CN(C(=O)C(N)=O)c1ccc2c(c1)NC(=O)CS2. The van der Waals surface area contributed by atoms with Crippen LogP contribution in [0.1, 0.15) is 0 Å². The number of thioether (sulfide) groups is 1. The van der Waals surface area contributed by atoms with Gasteiger partial charge in [0.05, 0.1) is 11.4 Å². The van der Waals surface area contributed by atoms with Crippen LogP contribution in [0.15, 0.2) is 23.1 Å². The van der Waals surface area contributed by atoms with Gasteiger partial charge < -0.3 is 16.0 Å². The summed E-state index contributed by atoms with van der Waals surface area (Å²) in [5.41, 5.74) is 6.07. The van der Waals surface area contributed by atoms with E-state index in [2.05, 4.69) is 5.32 Å². The molecule has 0 spiro atoms. The summed E-state index contributed by atoms with van der Waals surface area (Å²) in [4.78, 5) is 35.6. The number of benzene rings is 1.